The first-order chi connectivity index (χ1) is 8.65. The number of aryl methyl sites for hydroxylation is 1. The van der Waals surface area contributed by atoms with Gasteiger partial charge in [-0.3, -0.25) is 9.69 Å². The lowest BCUT2D eigenvalue weighted by molar-refractivity contribution is -0.147. The molecule has 0 saturated carbocycles. The number of carboxylic acid groups (broad SMARTS) is 1. The van der Waals surface area contributed by atoms with E-state index in [0.29, 0.717) is 13.1 Å². The van der Waals surface area contributed by atoms with Gasteiger partial charge in [0.1, 0.15) is 0 Å². The molecular weight excluding hydrogens is 228 g/mol. The number of carbonyl (C=O) groups is 1. The number of fused-ring (bicyclic) bond motifs is 1. The molecule has 1 fully saturated rings. The van der Waals surface area contributed by atoms with Crippen molar-refractivity contribution >= 4 is 16.9 Å². The molecule has 2 aromatic rings. The quantitative estimate of drug-likeness (QED) is 0.868. The van der Waals surface area contributed by atoms with Crippen LogP contribution in [-0.4, -0.2) is 34.0 Å². The molecule has 1 aromatic carbocycles. The fourth-order valence-corrected chi connectivity index (χ4v) is 2.62. The van der Waals surface area contributed by atoms with Crippen LogP contribution in [0.1, 0.15) is 11.3 Å². The van der Waals surface area contributed by atoms with Crippen molar-refractivity contribution in [2.75, 3.05) is 13.1 Å². The van der Waals surface area contributed by atoms with E-state index in [1.54, 1.807) is 0 Å². The number of aromatic nitrogens is 1. The smallest absolute Gasteiger partial charge is 0.309 e. The lowest BCUT2D eigenvalue weighted by Crippen LogP contribution is -2.49. The van der Waals surface area contributed by atoms with Crippen molar-refractivity contribution in [2.24, 2.45) is 5.92 Å². The van der Waals surface area contributed by atoms with Crippen molar-refractivity contribution in [3.63, 3.8) is 0 Å². The van der Waals surface area contributed by atoms with Crippen molar-refractivity contribution in [2.45, 2.75) is 13.5 Å². The van der Waals surface area contributed by atoms with Crippen LogP contribution in [-0.2, 0) is 11.3 Å². The largest absolute Gasteiger partial charge is 0.481 e. The van der Waals surface area contributed by atoms with Gasteiger partial charge in [0, 0.05) is 36.2 Å². The molecule has 2 N–H and O–H groups in total. The van der Waals surface area contributed by atoms with Gasteiger partial charge < -0.3 is 10.1 Å². The van der Waals surface area contributed by atoms with Crippen molar-refractivity contribution in [3.05, 3.63) is 35.5 Å². The molecule has 0 atom stereocenters. The highest BCUT2D eigenvalue weighted by atomic mass is 16.4. The Labute approximate surface area is 105 Å². The maximum atomic E-state index is 10.8. The second-order valence-corrected chi connectivity index (χ2v) is 5.00. The van der Waals surface area contributed by atoms with Gasteiger partial charge in [0.25, 0.3) is 0 Å². The predicted molar refractivity (Wildman–Crippen MR) is 69.4 cm³/mol. The van der Waals surface area contributed by atoms with Crippen LogP contribution >= 0.6 is 0 Å². The Morgan fingerprint density at radius 3 is 2.89 bits per heavy atom. The summed E-state index contributed by atoms with van der Waals surface area (Å²) in [5.74, 6) is -0.864. The number of benzene rings is 1. The average molecular weight is 244 g/mol. The minimum atomic E-state index is -0.679. The molecule has 94 valence electrons. The highest BCUT2D eigenvalue weighted by Crippen LogP contribution is 2.26. The van der Waals surface area contributed by atoms with E-state index < -0.39 is 5.97 Å². The summed E-state index contributed by atoms with van der Waals surface area (Å²) in [5.41, 5.74) is 3.62. The summed E-state index contributed by atoms with van der Waals surface area (Å²) >= 11 is 0. The number of aliphatic carboxylic acids is 1. The number of rotatable bonds is 3. The van der Waals surface area contributed by atoms with Gasteiger partial charge in [0.2, 0.25) is 0 Å². The minimum absolute atomic E-state index is 0.185. The standard InChI is InChI=1S/C14H16N2O2/c1-9-12(8-16-6-10(7-16)14(17)18)11-4-2-3-5-13(11)15-9/h2-5,10,15H,6-8H2,1H3,(H,17,18). The summed E-state index contributed by atoms with van der Waals surface area (Å²) in [5, 5.41) is 10.1. The van der Waals surface area contributed by atoms with Gasteiger partial charge in [-0.25, -0.2) is 0 Å². The zero-order valence-corrected chi connectivity index (χ0v) is 10.3. The van der Waals surface area contributed by atoms with Crippen LogP contribution in [0.15, 0.2) is 24.3 Å². The summed E-state index contributed by atoms with van der Waals surface area (Å²) in [4.78, 5) is 16.3. The molecule has 1 aromatic heterocycles. The van der Waals surface area contributed by atoms with Crippen LogP contribution in [0.2, 0.25) is 0 Å². The molecule has 0 aliphatic carbocycles. The summed E-state index contributed by atoms with van der Waals surface area (Å²) < 4.78 is 0. The molecule has 4 heteroatoms. The van der Waals surface area contributed by atoms with Gasteiger partial charge in [-0.1, -0.05) is 18.2 Å². The number of hydrogen-bond donors (Lipinski definition) is 2. The molecule has 0 bridgehead atoms. The third kappa shape index (κ3) is 1.78. The van der Waals surface area contributed by atoms with E-state index in [4.69, 9.17) is 5.11 Å². The van der Waals surface area contributed by atoms with Gasteiger partial charge >= 0.3 is 5.97 Å². The second kappa shape index (κ2) is 4.14. The number of hydrogen-bond acceptors (Lipinski definition) is 2. The van der Waals surface area contributed by atoms with Gasteiger partial charge in [0.15, 0.2) is 0 Å². The Morgan fingerprint density at radius 2 is 2.17 bits per heavy atom. The first-order valence-electron chi connectivity index (χ1n) is 6.16. The van der Waals surface area contributed by atoms with Gasteiger partial charge in [-0.15, -0.1) is 0 Å². The molecule has 0 amide bonds. The van der Waals surface area contributed by atoms with Crippen LogP contribution in [0.4, 0.5) is 0 Å². The van der Waals surface area contributed by atoms with Crippen molar-refractivity contribution in [3.8, 4) is 0 Å². The number of likely N-dealkylation sites (tertiary alicyclic amines) is 1. The lowest BCUT2D eigenvalue weighted by atomic mass is 9.99. The third-order valence-corrected chi connectivity index (χ3v) is 3.72. The Morgan fingerprint density at radius 1 is 1.44 bits per heavy atom. The Hall–Kier alpha value is -1.81. The van der Waals surface area contributed by atoms with Crippen LogP contribution in [0.25, 0.3) is 10.9 Å². The van der Waals surface area contributed by atoms with Gasteiger partial charge in [0.05, 0.1) is 5.92 Å². The zero-order chi connectivity index (χ0) is 12.7. The molecule has 3 rings (SSSR count). The molecule has 0 radical (unpaired) electrons. The monoisotopic (exact) mass is 244 g/mol. The van der Waals surface area contributed by atoms with E-state index in [9.17, 15) is 4.79 Å². The van der Waals surface area contributed by atoms with E-state index in [1.165, 1.54) is 16.6 Å². The molecule has 18 heavy (non-hydrogen) atoms. The number of carboxylic acids is 1. The van der Waals surface area contributed by atoms with E-state index >= 15 is 0 Å². The molecule has 1 saturated heterocycles. The summed E-state index contributed by atoms with van der Waals surface area (Å²) in [7, 11) is 0. The highest BCUT2D eigenvalue weighted by molar-refractivity contribution is 5.84. The normalized spacial score (nSPS) is 16.9. The summed E-state index contributed by atoms with van der Waals surface area (Å²) in [6.45, 7) is 4.23. The van der Waals surface area contributed by atoms with Crippen molar-refractivity contribution in [1.29, 1.82) is 0 Å². The van der Waals surface area contributed by atoms with E-state index in [1.807, 2.05) is 12.1 Å². The first-order valence-corrected chi connectivity index (χ1v) is 6.16. The lowest BCUT2D eigenvalue weighted by Gasteiger charge is -2.36. The van der Waals surface area contributed by atoms with E-state index in [-0.39, 0.29) is 5.92 Å². The predicted octanol–water partition coefficient (Wildman–Crippen LogP) is 1.99. The second-order valence-electron chi connectivity index (χ2n) is 5.00. The first kappa shape index (κ1) is 11.3. The molecule has 4 nitrogen and oxygen atoms in total. The maximum Gasteiger partial charge on any atom is 0.309 e. The zero-order valence-electron chi connectivity index (χ0n) is 10.3. The molecular formula is C14H16N2O2. The number of aromatic amines is 1. The van der Waals surface area contributed by atoms with Crippen molar-refractivity contribution < 1.29 is 9.90 Å². The molecule has 0 unspecified atom stereocenters. The fraction of sp³-hybridized carbons (Fsp3) is 0.357. The van der Waals surface area contributed by atoms with Crippen molar-refractivity contribution in [1.82, 2.24) is 9.88 Å². The summed E-state index contributed by atoms with van der Waals surface area (Å²) in [6.07, 6.45) is 0. The average Bonchev–Trinajstić information content (AvgIpc) is 2.58. The molecule has 1 aliphatic heterocycles. The van der Waals surface area contributed by atoms with Crippen LogP contribution < -0.4 is 0 Å². The summed E-state index contributed by atoms with van der Waals surface area (Å²) in [6, 6.07) is 8.24. The van der Waals surface area contributed by atoms with Gasteiger partial charge in [-0.05, 0) is 18.6 Å². The number of nitrogens with one attached hydrogen (secondary N) is 1. The number of H-pyrrole nitrogens is 1. The Bertz CT molecular complexity index is 597. The van der Waals surface area contributed by atoms with Crippen LogP contribution in [0.3, 0.4) is 0 Å². The maximum absolute atomic E-state index is 10.8. The topological polar surface area (TPSA) is 56.3 Å². The van der Waals surface area contributed by atoms with E-state index in [2.05, 4.69) is 28.9 Å². The Balaban J connectivity index is 1.80. The highest BCUT2D eigenvalue weighted by Gasteiger charge is 2.32. The molecule has 2 heterocycles. The minimum Gasteiger partial charge on any atom is -0.481 e. The van der Waals surface area contributed by atoms with Crippen LogP contribution in [0, 0.1) is 12.8 Å². The third-order valence-electron chi connectivity index (χ3n) is 3.72. The number of para-hydroxylation sites is 1. The Kier molecular flexibility index (Phi) is 2.59. The number of nitrogens with zero attached hydrogens (tertiary/aromatic N) is 1. The molecule has 1 aliphatic rings. The fourth-order valence-electron chi connectivity index (χ4n) is 2.62. The molecule has 0 spiro atoms. The van der Waals surface area contributed by atoms with Crippen LogP contribution in [0.5, 0.6) is 0 Å². The SMILES string of the molecule is Cc1[nH]c2ccccc2c1CN1CC(C(=O)O)C1. The van der Waals surface area contributed by atoms with E-state index in [0.717, 1.165) is 12.1 Å². The van der Waals surface area contributed by atoms with Gasteiger partial charge in [-0.2, -0.15) is 0 Å².